The zero-order valence-corrected chi connectivity index (χ0v) is 23.4. The van der Waals surface area contributed by atoms with Crippen molar-refractivity contribution in [2.24, 2.45) is 29.1 Å². The first-order valence-corrected chi connectivity index (χ1v) is 14.4. The summed E-state index contributed by atoms with van der Waals surface area (Å²) in [6.07, 6.45) is -11.4. The molecule has 2 aliphatic carbocycles. The lowest BCUT2D eigenvalue weighted by Gasteiger charge is -2.53. The third-order valence-electron chi connectivity index (χ3n) is 10.3. The van der Waals surface area contributed by atoms with Gasteiger partial charge in [-0.15, -0.1) is 0 Å². The lowest BCUT2D eigenvalue weighted by molar-refractivity contribution is -0.314. The summed E-state index contributed by atoms with van der Waals surface area (Å²) in [7, 11) is 0. The van der Waals surface area contributed by atoms with Crippen LogP contribution in [0.5, 0.6) is 0 Å². The molecule has 0 aromatic rings. The van der Waals surface area contributed by atoms with Gasteiger partial charge in [-0.05, 0) is 49.4 Å². The summed E-state index contributed by atoms with van der Waals surface area (Å²) in [4.78, 5) is 0. The largest absolute Gasteiger partial charge is 0.394 e. The van der Waals surface area contributed by atoms with E-state index in [1.807, 2.05) is 6.92 Å². The molecule has 4 fully saturated rings. The van der Waals surface area contributed by atoms with Crippen LogP contribution in [0.4, 0.5) is 0 Å². The van der Waals surface area contributed by atoms with E-state index in [4.69, 9.17) is 18.9 Å². The maximum atomic E-state index is 11.9. The SMILES string of the molecule is CC(C)[C@H]1CC[C@@]2(C)[C@H](CC[C@]2(O)CO[C@@H]2O[C@H](CO)[C@@H](O)[C@H](O)[C@H]2O)[C@@H]1CO[C@@H]1O[C@H](CO)[C@@H](O)[C@H](O)[C@H]1O. The van der Waals surface area contributed by atoms with Gasteiger partial charge >= 0.3 is 0 Å². The summed E-state index contributed by atoms with van der Waals surface area (Å²) >= 11 is 0. The number of aliphatic hydroxyl groups excluding tert-OH is 8. The van der Waals surface area contributed by atoms with Crippen LogP contribution >= 0.6 is 0 Å². The summed E-state index contributed by atoms with van der Waals surface area (Å²) in [6, 6.07) is 0. The fraction of sp³-hybridized carbons (Fsp3) is 1.00. The molecular weight excluding hydrogens is 532 g/mol. The van der Waals surface area contributed by atoms with Gasteiger partial charge in [0.25, 0.3) is 0 Å². The van der Waals surface area contributed by atoms with Crippen molar-refractivity contribution in [1.29, 1.82) is 0 Å². The van der Waals surface area contributed by atoms with Gasteiger partial charge < -0.3 is 64.9 Å². The summed E-state index contributed by atoms with van der Waals surface area (Å²) in [5, 5.41) is 92.1. The Morgan fingerprint density at radius 3 is 1.77 bits per heavy atom. The molecule has 0 bridgehead atoms. The number of ether oxygens (including phenoxy) is 4. The van der Waals surface area contributed by atoms with Gasteiger partial charge in [0.15, 0.2) is 12.6 Å². The van der Waals surface area contributed by atoms with Crippen LogP contribution in [0, 0.1) is 29.1 Å². The van der Waals surface area contributed by atoms with Gasteiger partial charge in [-0.1, -0.05) is 20.8 Å². The van der Waals surface area contributed by atoms with Crippen molar-refractivity contribution < 1.29 is 64.9 Å². The van der Waals surface area contributed by atoms with Crippen LogP contribution < -0.4 is 0 Å². The number of rotatable bonds is 9. The second kappa shape index (κ2) is 12.6. The van der Waals surface area contributed by atoms with Crippen molar-refractivity contribution in [2.75, 3.05) is 26.4 Å². The first-order chi connectivity index (χ1) is 18.8. The monoisotopic (exact) mass is 580 g/mol. The van der Waals surface area contributed by atoms with Crippen LogP contribution in [0.15, 0.2) is 0 Å². The molecular formula is C27H48O13. The summed E-state index contributed by atoms with van der Waals surface area (Å²) in [6.45, 7) is 5.07. The molecule has 0 amide bonds. The van der Waals surface area contributed by atoms with Crippen LogP contribution in [0.3, 0.4) is 0 Å². The van der Waals surface area contributed by atoms with Crippen LogP contribution in [0.2, 0.25) is 0 Å². The Morgan fingerprint density at radius 2 is 1.27 bits per heavy atom. The highest BCUT2D eigenvalue weighted by molar-refractivity contribution is 5.11. The number of fused-ring (bicyclic) bond motifs is 1. The van der Waals surface area contributed by atoms with Crippen molar-refractivity contribution in [3.05, 3.63) is 0 Å². The average Bonchev–Trinajstić information content (AvgIpc) is 3.20. The summed E-state index contributed by atoms with van der Waals surface area (Å²) < 4.78 is 22.8. The Morgan fingerprint density at radius 1 is 0.750 bits per heavy atom. The molecule has 2 aliphatic heterocycles. The van der Waals surface area contributed by atoms with E-state index in [2.05, 4.69) is 13.8 Å². The predicted molar refractivity (Wildman–Crippen MR) is 136 cm³/mol. The van der Waals surface area contributed by atoms with E-state index in [1.54, 1.807) is 0 Å². The molecule has 13 nitrogen and oxygen atoms in total. The third-order valence-corrected chi connectivity index (χ3v) is 10.3. The number of aliphatic hydroxyl groups is 9. The van der Waals surface area contributed by atoms with Gasteiger partial charge in [-0.3, -0.25) is 0 Å². The summed E-state index contributed by atoms with van der Waals surface area (Å²) in [5.41, 5.74) is -1.92. The van der Waals surface area contributed by atoms with E-state index in [9.17, 15) is 46.0 Å². The van der Waals surface area contributed by atoms with E-state index in [-0.39, 0.29) is 31.0 Å². The highest BCUT2D eigenvalue weighted by Crippen LogP contribution is 2.61. The van der Waals surface area contributed by atoms with Gasteiger partial charge in [-0.25, -0.2) is 0 Å². The molecule has 0 unspecified atom stereocenters. The normalized spacial score (nSPS) is 51.7. The molecule has 0 radical (unpaired) electrons. The van der Waals surface area contributed by atoms with Crippen molar-refractivity contribution in [2.45, 2.75) is 113 Å². The van der Waals surface area contributed by atoms with E-state index >= 15 is 0 Å². The van der Waals surface area contributed by atoms with Gasteiger partial charge in [0.1, 0.15) is 48.8 Å². The average molecular weight is 581 g/mol. The Kier molecular flexibility index (Phi) is 10.2. The van der Waals surface area contributed by atoms with Crippen molar-refractivity contribution in [3.8, 4) is 0 Å². The van der Waals surface area contributed by atoms with Crippen LogP contribution in [-0.4, -0.2) is 139 Å². The molecule has 2 saturated carbocycles. The van der Waals surface area contributed by atoms with Crippen LogP contribution in [0.1, 0.15) is 46.5 Å². The van der Waals surface area contributed by atoms with E-state index in [0.717, 1.165) is 6.42 Å². The molecule has 0 aromatic carbocycles. The standard InChI is InChI=1S/C27H48O13/c1-12(2)13-4-6-26(3)15(14(13)10-37-24-22(34)20(32)18(30)16(8-28)39-24)5-7-27(26,36)11-38-25-23(35)21(33)19(31)17(9-29)40-25/h12-25,28-36H,4-11H2,1-3H3/t13-,14-,15-,16-,17-,18-,19-,20+,21+,22-,23-,24-,25-,26+,27+/m1/s1. The smallest absolute Gasteiger partial charge is 0.186 e. The Hall–Kier alpha value is -0.520. The van der Waals surface area contributed by atoms with Gasteiger partial charge in [0.05, 0.1) is 32.0 Å². The number of hydrogen-bond donors (Lipinski definition) is 9. The fourth-order valence-corrected chi connectivity index (χ4v) is 7.57. The van der Waals surface area contributed by atoms with Crippen molar-refractivity contribution in [3.63, 3.8) is 0 Å². The van der Waals surface area contributed by atoms with Gasteiger partial charge in [-0.2, -0.15) is 0 Å². The Bertz CT molecular complexity index is 828. The minimum Gasteiger partial charge on any atom is -0.394 e. The second-order valence-electron chi connectivity index (χ2n) is 12.7. The predicted octanol–water partition coefficient (Wildman–Crippen LogP) is -2.55. The highest BCUT2D eigenvalue weighted by Gasteiger charge is 2.62. The highest BCUT2D eigenvalue weighted by atomic mass is 16.7. The van der Waals surface area contributed by atoms with Crippen LogP contribution in [-0.2, 0) is 18.9 Å². The second-order valence-corrected chi connectivity index (χ2v) is 12.7. The Labute approximate surface area is 234 Å². The maximum Gasteiger partial charge on any atom is 0.186 e. The van der Waals surface area contributed by atoms with Gasteiger partial charge in [0, 0.05) is 5.41 Å². The summed E-state index contributed by atoms with van der Waals surface area (Å²) in [5.74, 6) is 0.470. The molecule has 9 N–H and O–H groups in total. The quantitative estimate of drug-likeness (QED) is 0.137. The molecule has 4 rings (SSSR count). The zero-order valence-electron chi connectivity index (χ0n) is 23.4. The number of hydrogen-bond acceptors (Lipinski definition) is 13. The minimum absolute atomic E-state index is 0.0121. The van der Waals surface area contributed by atoms with Gasteiger partial charge in [0.2, 0.25) is 0 Å². The molecule has 13 heteroatoms. The lowest BCUT2D eigenvalue weighted by Crippen LogP contribution is -2.61. The minimum atomic E-state index is -1.58. The zero-order chi connectivity index (χ0) is 29.6. The molecule has 40 heavy (non-hydrogen) atoms. The molecule has 2 heterocycles. The molecule has 2 saturated heterocycles. The van der Waals surface area contributed by atoms with E-state index in [1.165, 1.54) is 0 Å². The Balaban J connectivity index is 1.47. The molecule has 0 spiro atoms. The fourth-order valence-electron chi connectivity index (χ4n) is 7.57. The first-order valence-electron chi connectivity index (χ1n) is 14.4. The van der Waals surface area contributed by atoms with Crippen molar-refractivity contribution >= 4 is 0 Å². The molecule has 4 aliphatic rings. The molecule has 15 atom stereocenters. The molecule has 0 aromatic heterocycles. The van der Waals surface area contributed by atoms with E-state index in [0.29, 0.717) is 25.2 Å². The van der Waals surface area contributed by atoms with Crippen LogP contribution in [0.25, 0.3) is 0 Å². The van der Waals surface area contributed by atoms with Crippen molar-refractivity contribution in [1.82, 2.24) is 0 Å². The van der Waals surface area contributed by atoms with E-state index < -0.39 is 85.6 Å². The lowest BCUT2D eigenvalue weighted by atomic mass is 9.55. The maximum absolute atomic E-state index is 11.9. The molecule has 234 valence electrons. The third kappa shape index (κ3) is 5.71. The first kappa shape index (κ1) is 32.4. The topological polar surface area (TPSA) is 219 Å².